The van der Waals surface area contributed by atoms with Gasteiger partial charge in [-0.2, -0.15) is 0 Å². The van der Waals surface area contributed by atoms with Crippen LogP contribution in [0.4, 0.5) is 0 Å². The molecule has 1 aliphatic rings. The van der Waals surface area contributed by atoms with Crippen molar-refractivity contribution in [1.29, 1.82) is 0 Å². The molecule has 11 rings (SSSR count). The topological polar surface area (TPSA) is 35.6 Å². The first-order valence-corrected chi connectivity index (χ1v) is 19.3. The lowest BCUT2D eigenvalue weighted by atomic mass is 10.00. The molecule has 7 aromatic carbocycles. The van der Waals surface area contributed by atoms with Crippen molar-refractivity contribution in [3.63, 3.8) is 0 Å². The van der Waals surface area contributed by atoms with Crippen LogP contribution in [-0.4, -0.2) is 19.1 Å². The summed E-state index contributed by atoms with van der Waals surface area (Å²) >= 11 is 0. The maximum Gasteiger partial charge on any atom is 0.160 e. The first-order chi connectivity index (χ1) is 27.8. The zero-order valence-corrected chi connectivity index (χ0v) is 30.7. The molecule has 264 valence electrons. The highest BCUT2D eigenvalue weighted by molar-refractivity contribution is 6.12. The summed E-state index contributed by atoms with van der Waals surface area (Å²) in [6.45, 7) is 0. The van der Waals surface area contributed by atoms with Gasteiger partial charge in [-0.25, -0.2) is 9.97 Å². The smallest absolute Gasteiger partial charge is 0.160 e. The molecule has 0 N–H and O–H groups in total. The summed E-state index contributed by atoms with van der Waals surface area (Å²) < 4.78 is 4.75. The van der Waals surface area contributed by atoms with Crippen LogP contribution in [-0.2, 0) is 0 Å². The summed E-state index contributed by atoms with van der Waals surface area (Å²) in [5, 5.41) is 4.94. The molecule has 0 fully saturated rings. The van der Waals surface area contributed by atoms with E-state index in [0.717, 1.165) is 57.9 Å². The van der Waals surface area contributed by atoms with E-state index in [1.165, 1.54) is 55.0 Å². The van der Waals surface area contributed by atoms with Crippen LogP contribution in [0.2, 0.25) is 0 Å². The Morgan fingerprint density at radius 3 is 1.61 bits per heavy atom. The second kappa shape index (κ2) is 13.2. The largest absolute Gasteiger partial charge is 0.309 e. The molecule has 0 saturated heterocycles. The van der Waals surface area contributed by atoms with Gasteiger partial charge in [0.1, 0.15) is 0 Å². The fourth-order valence-electron chi connectivity index (χ4n) is 8.54. The summed E-state index contributed by atoms with van der Waals surface area (Å²) in [7, 11) is 0. The van der Waals surface area contributed by atoms with E-state index in [1.807, 2.05) is 6.07 Å². The third kappa shape index (κ3) is 5.38. The Morgan fingerprint density at radius 2 is 0.946 bits per heavy atom. The van der Waals surface area contributed by atoms with Crippen LogP contribution in [0.25, 0.3) is 94.3 Å². The first kappa shape index (κ1) is 32.2. The van der Waals surface area contributed by atoms with Gasteiger partial charge in [-0.05, 0) is 96.3 Å². The predicted molar refractivity (Wildman–Crippen MR) is 233 cm³/mol. The minimum Gasteiger partial charge on any atom is -0.309 e. The van der Waals surface area contributed by atoms with E-state index in [0.29, 0.717) is 0 Å². The average molecular weight is 717 g/mol. The number of allylic oxidation sites excluding steroid dienone is 4. The number of aromatic nitrogens is 4. The zero-order valence-electron chi connectivity index (χ0n) is 30.7. The van der Waals surface area contributed by atoms with Gasteiger partial charge in [0, 0.05) is 44.0 Å². The Morgan fingerprint density at radius 1 is 0.393 bits per heavy atom. The Labute approximate surface area is 325 Å². The fourth-order valence-corrected chi connectivity index (χ4v) is 8.54. The van der Waals surface area contributed by atoms with Gasteiger partial charge in [0.2, 0.25) is 0 Å². The molecule has 0 radical (unpaired) electrons. The van der Waals surface area contributed by atoms with Crippen LogP contribution in [0, 0.1) is 0 Å². The number of nitrogens with zero attached hydrogens (tertiary/aromatic N) is 4. The standard InChI is InChI=1S/C52H36N4/c1-4-15-35(16-5-1)46-34-47(36-17-6-2-7-18-36)54-52(53-46)39-19-14-22-41(31-39)56-49-26-13-11-24-43(49)45-33-38(28-30-51(45)56)37-27-29-50-44(32-37)42-23-10-12-25-48(42)55(50)40-20-8-3-9-21-40/h1-6,8-17,19-34H,7,18H2. The van der Waals surface area contributed by atoms with Gasteiger partial charge in [0.25, 0.3) is 0 Å². The molecule has 0 atom stereocenters. The highest BCUT2D eigenvalue weighted by Crippen LogP contribution is 2.39. The molecule has 4 heteroatoms. The molecule has 0 bridgehead atoms. The molecule has 56 heavy (non-hydrogen) atoms. The summed E-state index contributed by atoms with van der Waals surface area (Å²) in [6, 6.07) is 63.1. The summed E-state index contributed by atoms with van der Waals surface area (Å²) in [5.74, 6) is 0.728. The van der Waals surface area contributed by atoms with Crippen molar-refractivity contribution >= 4 is 49.2 Å². The van der Waals surface area contributed by atoms with Gasteiger partial charge >= 0.3 is 0 Å². The van der Waals surface area contributed by atoms with E-state index >= 15 is 0 Å². The number of rotatable bonds is 6. The fraction of sp³-hybridized carbons (Fsp3) is 0.0385. The molecule has 0 unspecified atom stereocenters. The molecule has 3 heterocycles. The quantitative estimate of drug-likeness (QED) is 0.172. The molecular weight excluding hydrogens is 681 g/mol. The molecule has 0 aliphatic heterocycles. The molecular formula is C52H36N4. The summed E-state index contributed by atoms with van der Waals surface area (Å²) in [5.41, 5.74) is 14.6. The van der Waals surface area contributed by atoms with Gasteiger partial charge in [-0.15, -0.1) is 0 Å². The highest BCUT2D eigenvalue weighted by atomic mass is 15.0. The number of hydrogen-bond acceptors (Lipinski definition) is 2. The SMILES string of the molecule is C1=CCCC(c2cc(-c3ccccc3)nc(-c3cccc(-n4c5ccccc5c5cc(-c6ccc7c(c6)c6ccccc6n7-c6ccccc6)ccc54)c3)n2)=C1. The lowest BCUT2D eigenvalue weighted by Gasteiger charge is -2.14. The van der Waals surface area contributed by atoms with E-state index < -0.39 is 0 Å². The van der Waals surface area contributed by atoms with Crippen molar-refractivity contribution in [3.05, 3.63) is 200 Å². The monoisotopic (exact) mass is 716 g/mol. The van der Waals surface area contributed by atoms with E-state index in [-0.39, 0.29) is 0 Å². The number of benzene rings is 7. The minimum absolute atomic E-state index is 0.728. The Balaban J connectivity index is 1.04. The van der Waals surface area contributed by atoms with Gasteiger partial charge in [0.05, 0.1) is 33.5 Å². The number of hydrogen-bond donors (Lipinski definition) is 0. The predicted octanol–water partition coefficient (Wildman–Crippen LogP) is 13.4. The number of fused-ring (bicyclic) bond motifs is 6. The van der Waals surface area contributed by atoms with Crippen molar-refractivity contribution < 1.29 is 0 Å². The molecule has 0 amide bonds. The molecule has 4 nitrogen and oxygen atoms in total. The second-order valence-electron chi connectivity index (χ2n) is 14.5. The molecule has 3 aromatic heterocycles. The van der Waals surface area contributed by atoms with Crippen molar-refractivity contribution in [1.82, 2.24) is 19.1 Å². The zero-order chi connectivity index (χ0) is 37.0. The van der Waals surface area contributed by atoms with Crippen molar-refractivity contribution in [2.24, 2.45) is 0 Å². The van der Waals surface area contributed by atoms with Gasteiger partial charge < -0.3 is 9.13 Å². The van der Waals surface area contributed by atoms with Crippen molar-refractivity contribution in [2.75, 3.05) is 0 Å². The highest BCUT2D eigenvalue weighted by Gasteiger charge is 2.18. The summed E-state index contributed by atoms with van der Waals surface area (Å²) in [6.07, 6.45) is 8.53. The molecule has 0 saturated carbocycles. The third-order valence-corrected chi connectivity index (χ3v) is 11.2. The average Bonchev–Trinajstić information content (AvgIpc) is 3.79. The van der Waals surface area contributed by atoms with E-state index in [9.17, 15) is 0 Å². The Bertz CT molecular complexity index is 3180. The van der Waals surface area contributed by atoms with Crippen LogP contribution in [0.3, 0.4) is 0 Å². The third-order valence-electron chi connectivity index (χ3n) is 11.2. The van der Waals surface area contributed by atoms with E-state index in [1.54, 1.807) is 0 Å². The van der Waals surface area contributed by atoms with Crippen molar-refractivity contribution in [2.45, 2.75) is 12.8 Å². The summed E-state index contributed by atoms with van der Waals surface area (Å²) in [4.78, 5) is 10.3. The van der Waals surface area contributed by atoms with Crippen LogP contribution in [0.1, 0.15) is 18.5 Å². The van der Waals surface area contributed by atoms with Crippen LogP contribution in [0.15, 0.2) is 194 Å². The minimum atomic E-state index is 0.728. The van der Waals surface area contributed by atoms with Gasteiger partial charge in [0.15, 0.2) is 5.82 Å². The van der Waals surface area contributed by atoms with Gasteiger partial charge in [-0.3, -0.25) is 0 Å². The molecule has 10 aromatic rings. The second-order valence-corrected chi connectivity index (χ2v) is 14.5. The maximum atomic E-state index is 5.18. The van der Waals surface area contributed by atoms with Crippen LogP contribution < -0.4 is 0 Å². The van der Waals surface area contributed by atoms with E-state index in [2.05, 4.69) is 197 Å². The maximum absolute atomic E-state index is 5.18. The number of para-hydroxylation sites is 3. The lowest BCUT2D eigenvalue weighted by molar-refractivity contribution is 1.03. The molecule has 1 aliphatic carbocycles. The van der Waals surface area contributed by atoms with Crippen molar-refractivity contribution in [3.8, 4) is 45.1 Å². The Kier molecular flexibility index (Phi) is 7.59. The lowest BCUT2D eigenvalue weighted by Crippen LogP contribution is -2.00. The normalized spacial score (nSPS) is 12.9. The van der Waals surface area contributed by atoms with Crippen LogP contribution in [0.5, 0.6) is 0 Å². The van der Waals surface area contributed by atoms with E-state index in [4.69, 9.17) is 9.97 Å². The first-order valence-electron chi connectivity index (χ1n) is 19.3. The van der Waals surface area contributed by atoms with Gasteiger partial charge in [-0.1, -0.05) is 127 Å². The van der Waals surface area contributed by atoms with Crippen LogP contribution >= 0.6 is 0 Å². The molecule has 0 spiro atoms. The Hall–Kier alpha value is -7.30.